The van der Waals surface area contributed by atoms with Gasteiger partial charge < -0.3 is 15.2 Å². The van der Waals surface area contributed by atoms with Gasteiger partial charge in [0.1, 0.15) is 5.75 Å². The number of hydrogen-bond acceptors (Lipinski definition) is 3. The molecule has 1 atom stereocenters. The minimum atomic E-state index is -1.20. The maximum absolute atomic E-state index is 12.7. The van der Waals surface area contributed by atoms with Crippen LogP contribution in [0.5, 0.6) is 5.75 Å². The van der Waals surface area contributed by atoms with Gasteiger partial charge in [0.2, 0.25) is 0 Å². The molecule has 7 heteroatoms. The quantitative estimate of drug-likeness (QED) is 0.575. The SMILES string of the molecule is CC#CC(CC(=O)O)c1ccc(NC(=O)C(C)(C)Oc2ccc(Cl)cc2Cl)cc1. The molecule has 0 aliphatic heterocycles. The van der Waals surface area contributed by atoms with Gasteiger partial charge in [0.05, 0.1) is 17.4 Å². The molecule has 0 aliphatic rings. The summed E-state index contributed by atoms with van der Waals surface area (Å²) in [5.41, 5.74) is 0.120. The van der Waals surface area contributed by atoms with Gasteiger partial charge in [-0.3, -0.25) is 9.59 Å². The molecule has 0 fully saturated rings. The monoisotopic (exact) mass is 433 g/mol. The lowest BCUT2D eigenvalue weighted by atomic mass is 9.96. The molecule has 2 aromatic rings. The summed E-state index contributed by atoms with van der Waals surface area (Å²) in [5.74, 6) is 4.29. The third kappa shape index (κ3) is 6.42. The molecular formula is C22H21Cl2NO4. The average Bonchev–Trinajstić information content (AvgIpc) is 2.64. The molecule has 0 aliphatic carbocycles. The lowest BCUT2D eigenvalue weighted by Gasteiger charge is -2.26. The van der Waals surface area contributed by atoms with E-state index in [9.17, 15) is 9.59 Å². The van der Waals surface area contributed by atoms with Crippen molar-refractivity contribution >= 4 is 40.8 Å². The van der Waals surface area contributed by atoms with Crippen molar-refractivity contribution in [2.45, 2.75) is 38.7 Å². The largest absolute Gasteiger partial charge is 0.481 e. The number of anilines is 1. The number of aliphatic carboxylic acids is 1. The highest BCUT2D eigenvalue weighted by molar-refractivity contribution is 6.35. The lowest BCUT2D eigenvalue weighted by molar-refractivity contribution is -0.137. The van der Waals surface area contributed by atoms with E-state index in [-0.39, 0.29) is 12.3 Å². The molecule has 29 heavy (non-hydrogen) atoms. The Morgan fingerprint density at radius 3 is 2.38 bits per heavy atom. The highest BCUT2D eigenvalue weighted by atomic mass is 35.5. The van der Waals surface area contributed by atoms with E-state index in [1.807, 2.05) is 0 Å². The standard InChI is InChI=1S/C22H21Cl2NO4/c1-4-5-15(12-20(26)27)14-6-9-17(10-7-14)25-21(28)22(2,3)29-19-11-8-16(23)13-18(19)24/h6-11,13,15H,12H2,1-3H3,(H,25,28)(H,26,27). The zero-order chi connectivity index (χ0) is 21.6. The molecule has 0 saturated carbocycles. The molecule has 5 nitrogen and oxygen atoms in total. The number of hydrogen-bond donors (Lipinski definition) is 2. The van der Waals surface area contributed by atoms with Crippen LogP contribution in [0.1, 0.15) is 38.7 Å². The molecule has 0 bridgehead atoms. The van der Waals surface area contributed by atoms with Crippen molar-refractivity contribution in [3.8, 4) is 17.6 Å². The van der Waals surface area contributed by atoms with Crippen LogP contribution in [0, 0.1) is 11.8 Å². The number of carboxylic acid groups (broad SMARTS) is 1. The third-order valence-corrected chi connectivity index (χ3v) is 4.60. The van der Waals surface area contributed by atoms with E-state index in [0.717, 1.165) is 5.56 Å². The van der Waals surface area contributed by atoms with Crippen molar-refractivity contribution in [1.29, 1.82) is 0 Å². The first-order valence-corrected chi connectivity index (χ1v) is 9.57. The van der Waals surface area contributed by atoms with Gasteiger partial charge in [0.25, 0.3) is 5.91 Å². The second-order valence-corrected chi connectivity index (χ2v) is 7.65. The van der Waals surface area contributed by atoms with Crippen molar-refractivity contribution in [2.75, 3.05) is 5.32 Å². The Balaban J connectivity index is 2.10. The van der Waals surface area contributed by atoms with Crippen LogP contribution in [0.3, 0.4) is 0 Å². The van der Waals surface area contributed by atoms with Gasteiger partial charge in [-0.25, -0.2) is 0 Å². The first kappa shape index (κ1) is 22.6. The van der Waals surface area contributed by atoms with Gasteiger partial charge in [-0.05, 0) is 56.7 Å². The minimum absolute atomic E-state index is 0.0880. The molecule has 0 heterocycles. The smallest absolute Gasteiger partial charge is 0.304 e. The fourth-order valence-electron chi connectivity index (χ4n) is 2.56. The molecule has 152 valence electrons. The van der Waals surface area contributed by atoms with E-state index in [0.29, 0.717) is 21.5 Å². The summed E-state index contributed by atoms with van der Waals surface area (Å²) in [7, 11) is 0. The van der Waals surface area contributed by atoms with Gasteiger partial charge in [-0.1, -0.05) is 41.3 Å². The van der Waals surface area contributed by atoms with Crippen LogP contribution >= 0.6 is 23.2 Å². The molecule has 0 spiro atoms. The van der Waals surface area contributed by atoms with Crippen LogP contribution in [0.15, 0.2) is 42.5 Å². The maximum atomic E-state index is 12.7. The van der Waals surface area contributed by atoms with Crippen LogP contribution in [0.2, 0.25) is 10.0 Å². The van der Waals surface area contributed by atoms with Crippen LogP contribution in [0.25, 0.3) is 0 Å². The highest BCUT2D eigenvalue weighted by Gasteiger charge is 2.31. The summed E-state index contributed by atoms with van der Waals surface area (Å²) < 4.78 is 5.77. The second-order valence-electron chi connectivity index (χ2n) is 6.81. The Morgan fingerprint density at radius 2 is 1.83 bits per heavy atom. The van der Waals surface area contributed by atoms with Crippen LogP contribution in [-0.4, -0.2) is 22.6 Å². The van der Waals surface area contributed by atoms with Crippen molar-refractivity contribution in [3.63, 3.8) is 0 Å². The zero-order valence-electron chi connectivity index (χ0n) is 16.3. The normalized spacial score (nSPS) is 11.8. The van der Waals surface area contributed by atoms with E-state index in [1.54, 1.807) is 57.2 Å². The van der Waals surface area contributed by atoms with Crippen molar-refractivity contribution in [3.05, 3.63) is 58.1 Å². The van der Waals surface area contributed by atoms with E-state index in [1.165, 1.54) is 6.07 Å². The number of ether oxygens (including phenoxy) is 1. The molecule has 0 radical (unpaired) electrons. The summed E-state index contributed by atoms with van der Waals surface area (Å²) in [6.07, 6.45) is -0.0880. The number of halogens is 2. The van der Waals surface area contributed by atoms with Gasteiger partial charge >= 0.3 is 5.97 Å². The van der Waals surface area contributed by atoms with E-state index in [4.69, 9.17) is 33.0 Å². The summed E-state index contributed by atoms with van der Waals surface area (Å²) >= 11 is 12.0. The molecule has 2 aromatic carbocycles. The van der Waals surface area contributed by atoms with Gasteiger partial charge in [0.15, 0.2) is 5.60 Å². The predicted molar refractivity (Wildman–Crippen MR) is 115 cm³/mol. The fraction of sp³-hybridized carbons (Fsp3) is 0.273. The molecule has 1 unspecified atom stereocenters. The van der Waals surface area contributed by atoms with Gasteiger partial charge in [-0.15, -0.1) is 5.92 Å². The summed E-state index contributed by atoms with van der Waals surface area (Å²) in [6.45, 7) is 4.92. The first-order valence-electron chi connectivity index (χ1n) is 8.82. The molecule has 2 rings (SSSR count). The molecule has 0 aromatic heterocycles. The summed E-state index contributed by atoms with van der Waals surface area (Å²) in [6, 6.07) is 11.7. The number of amides is 1. The average molecular weight is 434 g/mol. The second kappa shape index (κ2) is 9.69. The predicted octanol–water partition coefficient (Wildman–Crippen LogP) is 5.37. The number of carboxylic acids is 1. The Labute approximate surface area is 180 Å². The molecule has 2 N–H and O–H groups in total. The fourth-order valence-corrected chi connectivity index (χ4v) is 3.01. The topological polar surface area (TPSA) is 75.6 Å². The van der Waals surface area contributed by atoms with Gasteiger partial charge in [-0.2, -0.15) is 0 Å². The Morgan fingerprint density at radius 1 is 1.17 bits per heavy atom. The molecule has 0 saturated heterocycles. The van der Waals surface area contributed by atoms with E-state index in [2.05, 4.69) is 17.2 Å². The zero-order valence-corrected chi connectivity index (χ0v) is 17.8. The third-order valence-electron chi connectivity index (χ3n) is 4.07. The Bertz CT molecular complexity index is 959. The first-order chi connectivity index (χ1) is 13.6. The van der Waals surface area contributed by atoms with Crippen molar-refractivity contribution in [2.24, 2.45) is 0 Å². The lowest BCUT2D eigenvalue weighted by Crippen LogP contribution is -2.42. The Kier molecular flexibility index (Phi) is 7.55. The van der Waals surface area contributed by atoms with Crippen molar-refractivity contribution in [1.82, 2.24) is 0 Å². The maximum Gasteiger partial charge on any atom is 0.304 e. The van der Waals surface area contributed by atoms with E-state index >= 15 is 0 Å². The summed E-state index contributed by atoms with van der Waals surface area (Å²) in [5, 5.41) is 12.6. The molecule has 1 amide bonds. The number of rotatable bonds is 7. The highest BCUT2D eigenvalue weighted by Crippen LogP contribution is 2.31. The van der Waals surface area contributed by atoms with E-state index < -0.39 is 17.5 Å². The van der Waals surface area contributed by atoms with Crippen LogP contribution in [-0.2, 0) is 9.59 Å². The summed E-state index contributed by atoms with van der Waals surface area (Å²) in [4.78, 5) is 23.7. The van der Waals surface area contributed by atoms with Crippen LogP contribution < -0.4 is 10.1 Å². The number of benzene rings is 2. The van der Waals surface area contributed by atoms with Gasteiger partial charge in [0, 0.05) is 10.7 Å². The number of carbonyl (C=O) groups excluding carboxylic acids is 1. The van der Waals surface area contributed by atoms with Crippen molar-refractivity contribution < 1.29 is 19.4 Å². The minimum Gasteiger partial charge on any atom is -0.481 e. The Hall–Kier alpha value is -2.68. The number of nitrogens with one attached hydrogen (secondary N) is 1. The van der Waals surface area contributed by atoms with Crippen LogP contribution in [0.4, 0.5) is 5.69 Å². The number of carbonyl (C=O) groups is 2. The molecular weight excluding hydrogens is 413 g/mol.